The fraction of sp³-hybridized carbons (Fsp3) is 0.375. The van der Waals surface area contributed by atoms with Crippen LogP contribution in [0.3, 0.4) is 0 Å². The van der Waals surface area contributed by atoms with Crippen molar-refractivity contribution in [1.29, 1.82) is 0 Å². The smallest absolute Gasteiger partial charge is 0.243 e. The number of aromatic nitrogens is 3. The number of H-pyrrole nitrogens is 1. The lowest BCUT2D eigenvalue weighted by atomic mass is 9.99. The van der Waals surface area contributed by atoms with E-state index in [2.05, 4.69) is 20.5 Å². The fourth-order valence-corrected chi connectivity index (χ4v) is 6.48. The van der Waals surface area contributed by atoms with Gasteiger partial charge in [-0.05, 0) is 43.9 Å². The van der Waals surface area contributed by atoms with Crippen LogP contribution in [0.25, 0.3) is 11.4 Å². The Kier molecular flexibility index (Phi) is 7.70. The minimum atomic E-state index is -3.63. The molecule has 1 unspecified atom stereocenters. The van der Waals surface area contributed by atoms with Crippen LogP contribution in [0.1, 0.15) is 24.0 Å². The van der Waals surface area contributed by atoms with Gasteiger partial charge in [0.1, 0.15) is 0 Å². The van der Waals surface area contributed by atoms with Crippen LogP contribution in [0, 0.1) is 19.8 Å². The zero-order valence-electron chi connectivity index (χ0n) is 19.3. The summed E-state index contributed by atoms with van der Waals surface area (Å²) in [7, 11) is -3.63. The van der Waals surface area contributed by atoms with Gasteiger partial charge in [-0.25, -0.2) is 13.4 Å². The number of aryl methyl sites for hydroxylation is 2. The van der Waals surface area contributed by atoms with Crippen LogP contribution in [0.15, 0.2) is 58.6 Å². The summed E-state index contributed by atoms with van der Waals surface area (Å²) in [6, 6.07) is 15.2. The molecule has 10 heteroatoms. The standard InChI is InChI=1S/C24H29N5O3S2/c1-17-10-11-18(2)21(15-17)34(31,32)29-13-6-9-20(16-29)23(30)25-12-14-33-24-26-22(27-28-24)19-7-4-3-5-8-19/h3-5,7-8,10-11,15,20H,6,9,12-14,16H2,1-2H3,(H,25,30)(H,26,27,28). The molecule has 0 radical (unpaired) electrons. The van der Waals surface area contributed by atoms with E-state index in [0.717, 1.165) is 16.7 Å². The third-order valence-corrected chi connectivity index (χ3v) is 8.72. The molecule has 2 aromatic carbocycles. The molecule has 0 bridgehead atoms. The van der Waals surface area contributed by atoms with E-state index in [1.807, 2.05) is 49.4 Å². The maximum Gasteiger partial charge on any atom is 0.243 e. The lowest BCUT2D eigenvalue weighted by Gasteiger charge is -2.31. The van der Waals surface area contributed by atoms with E-state index in [9.17, 15) is 13.2 Å². The molecule has 8 nitrogen and oxygen atoms in total. The highest BCUT2D eigenvalue weighted by Gasteiger charge is 2.34. The number of piperidine rings is 1. The van der Waals surface area contributed by atoms with E-state index in [4.69, 9.17) is 0 Å². The van der Waals surface area contributed by atoms with E-state index in [1.165, 1.54) is 16.1 Å². The number of nitrogens with zero attached hydrogens (tertiary/aromatic N) is 3. The van der Waals surface area contributed by atoms with Crippen LogP contribution >= 0.6 is 11.8 Å². The maximum atomic E-state index is 13.2. The Hall–Kier alpha value is -2.69. The van der Waals surface area contributed by atoms with Gasteiger partial charge in [0.15, 0.2) is 5.82 Å². The average Bonchev–Trinajstić information content (AvgIpc) is 3.33. The summed E-state index contributed by atoms with van der Waals surface area (Å²) in [6.07, 6.45) is 1.34. The summed E-state index contributed by atoms with van der Waals surface area (Å²) in [5.41, 5.74) is 2.58. The highest BCUT2D eigenvalue weighted by atomic mass is 32.2. The number of thioether (sulfide) groups is 1. The molecule has 0 saturated carbocycles. The van der Waals surface area contributed by atoms with Gasteiger partial charge in [-0.2, -0.15) is 4.31 Å². The van der Waals surface area contributed by atoms with Gasteiger partial charge >= 0.3 is 0 Å². The lowest BCUT2D eigenvalue weighted by Crippen LogP contribution is -2.45. The highest BCUT2D eigenvalue weighted by Crippen LogP contribution is 2.26. The Morgan fingerprint density at radius 2 is 2.00 bits per heavy atom. The first-order valence-corrected chi connectivity index (χ1v) is 13.7. The Morgan fingerprint density at radius 3 is 2.79 bits per heavy atom. The van der Waals surface area contributed by atoms with Gasteiger partial charge in [0.25, 0.3) is 0 Å². The van der Waals surface area contributed by atoms with E-state index in [-0.39, 0.29) is 18.4 Å². The van der Waals surface area contributed by atoms with E-state index in [0.29, 0.717) is 47.6 Å². The summed E-state index contributed by atoms with van der Waals surface area (Å²) < 4.78 is 27.9. The molecule has 34 heavy (non-hydrogen) atoms. The Balaban J connectivity index is 1.28. The van der Waals surface area contributed by atoms with Gasteiger partial charge in [-0.15, -0.1) is 5.10 Å². The molecule has 1 saturated heterocycles. The molecule has 1 aromatic heterocycles. The molecule has 1 aliphatic rings. The van der Waals surface area contributed by atoms with Gasteiger partial charge in [-0.3, -0.25) is 9.89 Å². The van der Waals surface area contributed by atoms with Gasteiger partial charge in [0, 0.05) is 31.0 Å². The van der Waals surface area contributed by atoms with Gasteiger partial charge < -0.3 is 5.32 Å². The van der Waals surface area contributed by atoms with Crippen molar-refractivity contribution in [2.45, 2.75) is 36.7 Å². The zero-order valence-corrected chi connectivity index (χ0v) is 21.0. The maximum absolute atomic E-state index is 13.2. The number of sulfonamides is 1. The first-order chi connectivity index (χ1) is 16.3. The molecule has 2 heterocycles. The highest BCUT2D eigenvalue weighted by molar-refractivity contribution is 7.99. The summed E-state index contributed by atoms with van der Waals surface area (Å²) in [6.45, 7) is 4.78. The molecule has 1 atom stereocenters. The Bertz CT molecular complexity index is 1240. The van der Waals surface area contributed by atoms with Crippen molar-refractivity contribution >= 4 is 27.7 Å². The number of carbonyl (C=O) groups excluding carboxylic acids is 1. The van der Waals surface area contributed by atoms with Crippen molar-refractivity contribution in [3.8, 4) is 11.4 Å². The molecular weight excluding hydrogens is 470 g/mol. The fourth-order valence-electron chi connectivity index (χ4n) is 4.00. The quantitative estimate of drug-likeness (QED) is 0.363. The van der Waals surface area contributed by atoms with Gasteiger partial charge in [-0.1, -0.05) is 54.2 Å². The molecule has 4 rings (SSSR count). The summed E-state index contributed by atoms with van der Waals surface area (Å²) in [5, 5.41) is 10.7. The first kappa shape index (κ1) is 24.4. The molecule has 2 N–H and O–H groups in total. The molecule has 0 spiro atoms. The number of amides is 1. The number of benzene rings is 2. The molecular formula is C24H29N5O3S2. The zero-order chi connectivity index (χ0) is 24.1. The van der Waals surface area contributed by atoms with Crippen molar-refractivity contribution in [2.75, 3.05) is 25.4 Å². The second-order valence-electron chi connectivity index (χ2n) is 8.44. The van der Waals surface area contributed by atoms with E-state index in [1.54, 1.807) is 13.0 Å². The summed E-state index contributed by atoms with van der Waals surface area (Å²) >= 11 is 1.46. The SMILES string of the molecule is Cc1ccc(C)c(S(=O)(=O)N2CCCC(C(=O)NCCSc3n[nH]c(-c4ccccc4)n3)C2)c1. The minimum Gasteiger partial charge on any atom is -0.355 e. The summed E-state index contributed by atoms with van der Waals surface area (Å²) in [4.78, 5) is 17.6. The second-order valence-corrected chi connectivity index (χ2v) is 11.4. The van der Waals surface area contributed by atoms with Crippen LogP contribution in [0.2, 0.25) is 0 Å². The largest absolute Gasteiger partial charge is 0.355 e. The minimum absolute atomic E-state index is 0.110. The Labute approximate surface area is 204 Å². The average molecular weight is 500 g/mol. The molecule has 180 valence electrons. The molecule has 1 aliphatic heterocycles. The van der Waals surface area contributed by atoms with Crippen molar-refractivity contribution < 1.29 is 13.2 Å². The van der Waals surface area contributed by atoms with Crippen molar-refractivity contribution in [1.82, 2.24) is 24.8 Å². The lowest BCUT2D eigenvalue weighted by molar-refractivity contribution is -0.125. The van der Waals surface area contributed by atoms with Gasteiger partial charge in [0.05, 0.1) is 10.8 Å². The molecule has 3 aromatic rings. The van der Waals surface area contributed by atoms with Gasteiger partial charge in [0.2, 0.25) is 21.1 Å². The van der Waals surface area contributed by atoms with Crippen LogP contribution in [-0.2, 0) is 14.8 Å². The van der Waals surface area contributed by atoms with Crippen LogP contribution < -0.4 is 5.32 Å². The Morgan fingerprint density at radius 1 is 1.21 bits per heavy atom. The molecule has 1 amide bonds. The number of hydrogen-bond acceptors (Lipinski definition) is 6. The monoisotopic (exact) mass is 499 g/mol. The van der Waals surface area contributed by atoms with Crippen LogP contribution in [0.5, 0.6) is 0 Å². The van der Waals surface area contributed by atoms with Crippen molar-refractivity contribution in [3.05, 3.63) is 59.7 Å². The number of hydrogen-bond donors (Lipinski definition) is 2. The van der Waals surface area contributed by atoms with E-state index < -0.39 is 10.0 Å². The molecule has 0 aliphatic carbocycles. The van der Waals surface area contributed by atoms with E-state index >= 15 is 0 Å². The third-order valence-electron chi connectivity index (χ3n) is 5.86. The molecule has 1 fully saturated rings. The number of aromatic amines is 1. The van der Waals surface area contributed by atoms with Crippen LogP contribution in [0.4, 0.5) is 0 Å². The first-order valence-electron chi connectivity index (χ1n) is 11.3. The predicted molar refractivity (Wildman–Crippen MR) is 133 cm³/mol. The summed E-state index contributed by atoms with van der Waals surface area (Å²) in [5.74, 6) is 0.863. The van der Waals surface area contributed by atoms with Crippen molar-refractivity contribution in [2.24, 2.45) is 5.92 Å². The number of carbonyl (C=O) groups is 1. The normalized spacial score (nSPS) is 16.9. The third kappa shape index (κ3) is 5.68. The van der Waals surface area contributed by atoms with Crippen molar-refractivity contribution in [3.63, 3.8) is 0 Å². The van der Waals surface area contributed by atoms with Crippen LogP contribution in [-0.4, -0.2) is 59.2 Å². The predicted octanol–water partition coefficient (Wildman–Crippen LogP) is 3.40. The topological polar surface area (TPSA) is 108 Å². The second kappa shape index (κ2) is 10.7. The number of rotatable bonds is 8. The number of nitrogens with one attached hydrogen (secondary N) is 2.